The van der Waals surface area contributed by atoms with Gasteiger partial charge in [-0.05, 0) is 44.8 Å². The summed E-state index contributed by atoms with van der Waals surface area (Å²) in [6.45, 7) is 2.76. The number of H-pyrrole nitrogens is 2. The first-order valence-electron chi connectivity index (χ1n) is 8.60. The first kappa shape index (κ1) is 17.2. The molecule has 2 aromatic heterocycles. The van der Waals surface area contributed by atoms with Gasteiger partial charge in [-0.25, -0.2) is 4.98 Å². The number of benzene rings is 1. The molecule has 0 radical (unpaired) electrons. The molecule has 0 saturated heterocycles. The number of pyridine rings is 1. The van der Waals surface area contributed by atoms with Crippen LogP contribution in [0, 0.1) is 6.92 Å². The molecule has 0 spiro atoms. The second kappa shape index (κ2) is 6.17. The van der Waals surface area contributed by atoms with E-state index in [9.17, 15) is 14.4 Å². The van der Waals surface area contributed by atoms with Crippen LogP contribution < -0.4 is 5.56 Å². The van der Waals surface area contributed by atoms with Crippen molar-refractivity contribution in [1.82, 2.24) is 24.8 Å². The number of aromatic amines is 2. The lowest BCUT2D eigenvalue weighted by atomic mass is 10.1. The van der Waals surface area contributed by atoms with Crippen LogP contribution in [0.25, 0.3) is 22.4 Å². The lowest BCUT2D eigenvalue weighted by Crippen LogP contribution is -2.35. The van der Waals surface area contributed by atoms with Gasteiger partial charge in [-0.2, -0.15) is 0 Å². The van der Waals surface area contributed by atoms with E-state index >= 15 is 0 Å². The molecule has 1 aromatic carbocycles. The molecule has 0 atom stereocenters. The number of fused-ring (bicyclic) bond motifs is 2. The molecule has 0 unspecified atom stereocenters. The summed E-state index contributed by atoms with van der Waals surface area (Å²) in [5.74, 6) is -0.196. The Labute approximate surface area is 154 Å². The minimum Gasteiger partial charge on any atom is -0.338 e. The van der Waals surface area contributed by atoms with Crippen LogP contribution in [-0.4, -0.2) is 63.8 Å². The molecule has 4 rings (SSSR count). The summed E-state index contributed by atoms with van der Waals surface area (Å²) >= 11 is 0. The van der Waals surface area contributed by atoms with Gasteiger partial charge in [0.15, 0.2) is 0 Å². The van der Waals surface area contributed by atoms with Crippen molar-refractivity contribution in [1.29, 1.82) is 0 Å². The van der Waals surface area contributed by atoms with Gasteiger partial charge in [-0.1, -0.05) is 0 Å². The Hall–Kier alpha value is -3.26. The summed E-state index contributed by atoms with van der Waals surface area (Å²) in [7, 11) is 3.78. The van der Waals surface area contributed by atoms with Crippen LogP contribution >= 0.6 is 0 Å². The zero-order valence-corrected chi connectivity index (χ0v) is 15.3. The molecule has 2 amide bonds. The second-order valence-corrected chi connectivity index (χ2v) is 6.93. The Morgan fingerprint density at radius 3 is 2.48 bits per heavy atom. The number of likely N-dealkylation sites (N-methyl/N-ethyl adjacent to an activating group) is 1. The third-order valence-electron chi connectivity index (χ3n) is 4.75. The third kappa shape index (κ3) is 2.74. The van der Waals surface area contributed by atoms with E-state index in [1.807, 2.05) is 25.9 Å². The van der Waals surface area contributed by atoms with E-state index in [4.69, 9.17) is 0 Å². The first-order valence-corrected chi connectivity index (χ1v) is 8.60. The van der Waals surface area contributed by atoms with Gasteiger partial charge >= 0.3 is 0 Å². The minimum atomic E-state index is -0.308. The Balaban J connectivity index is 1.77. The van der Waals surface area contributed by atoms with Gasteiger partial charge in [0.2, 0.25) is 0 Å². The highest BCUT2D eigenvalue weighted by atomic mass is 16.2. The number of amides is 2. The molecule has 0 fully saturated rings. The molecule has 8 nitrogen and oxygen atoms in total. The van der Waals surface area contributed by atoms with Crippen molar-refractivity contribution in [2.45, 2.75) is 6.92 Å². The van der Waals surface area contributed by atoms with Crippen molar-refractivity contribution in [3.8, 4) is 11.4 Å². The molecular weight excluding hydrogens is 346 g/mol. The van der Waals surface area contributed by atoms with Crippen molar-refractivity contribution < 1.29 is 9.59 Å². The molecular formula is C19H19N5O3. The summed E-state index contributed by atoms with van der Waals surface area (Å²) in [4.78, 5) is 50.8. The van der Waals surface area contributed by atoms with E-state index in [0.717, 1.165) is 5.56 Å². The van der Waals surface area contributed by atoms with Crippen molar-refractivity contribution in [3.05, 3.63) is 51.4 Å². The maximum absolute atomic E-state index is 12.6. The first-order chi connectivity index (χ1) is 12.9. The van der Waals surface area contributed by atoms with Gasteiger partial charge in [0.05, 0.1) is 27.7 Å². The quantitative estimate of drug-likeness (QED) is 0.680. The number of carbonyl (C=O) groups is 2. The fraction of sp³-hybridized carbons (Fsp3) is 0.263. The molecule has 138 valence electrons. The third-order valence-corrected chi connectivity index (χ3v) is 4.75. The summed E-state index contributed by atoms with van der Waals surface area (Å²) in [5, 5.41) is 0. The number of aromatic nitrogens is 3. The number of imidazole rings is 1. The van der Waals surface area contributed by atoms with Crippen molar-refractivity contribution in [2.24, 2.45) is 0 Å². The number of imide groups is 1. The molecule has 8 heteroatoms. The van der Waals surface area contributed by atoms with Crippen molar-refractivity contribution in [3.63, 3.8) is 0 Å². The van der Waals surface area contributed by atoms with Crippen LogP contribution in [0.5, 0.6) is 0 Å². The molecule has 0 saturated carbocycles. The number of hydrogen-bond donors (Lipinski definition) is 2. The van der Waals surface area contributed by atoms with Gasteiger partial charge in [0, 0.05) is 19.3 Å². The number of nitrogens with zero attached hydrogens (tertiary/aromatic N) is 3. The monoisotopic (exact) mass is 365 g/mol. The fourth-order valence-corrected chi connectivity index (χ4v) is 3.29. The predicted octanol–water partition coefficient (Wildman–Crippen LogP) is 1.38. The Morgan fingerprint density at radius 2 is 1.81 bits per heavy atom. The highest BCUT2D eigenvalue weighted by molar-refractivity contribution is 6.22. The topological polar surface area (TPSA) is 102 Å². The number of rotatable bonds is 4. The molecule has 0 bridgehead atoms. The lowest BCUT2D eigenvalue weighted by Gasteiger charge is -2.16. The zero-order valence-electron chi connectivity index (χ0n) is 15.3. The van der Waals surface area contributed by atoms with Crippen LogP contribution in [0.3, 0.4) is 0 Å². The normalized spacial score (nSPS) is 13.9. The van der Waals surface area contributed by atoms with Gasteiger partial charge in [-0.3, -0.25) is 19.3 Å². The maximum Gasteiger partial charge on any atom is 0.261 e. The standard InChI is InChI=1S/C19H19N5O3/c1-10-4-5-20-17(25)15(10)16-21-13-8-11-12(9-14(13)22-16)19(27)24(18(11)26)7-6-23(2)3/h4-5,8-9H,6-7H2,1-3H3,(H,20,25)(H,21,22). The van der Waals surface area contributed by atoms with Crippen LogP contribution in [0.15, 0.2) is 29.2 Å². The number of hydrogen-bond acceptors (Lipinski definition) is 5. The van der Waals surface area contributed by atoms with Gasteiger partial charge in [0.1, 0.15) is 5.82 Å². The molecule has 3 heterocycles. The van der Waals surface area contributed by atoms with E-state index in [1.165, 1.54) is 4.90 Å². The average Bonchev–Trinajstić information content (AvgIpc) is 3.11. The summed E-state index contributed by atoms with van der Waals surface area (Å²) in [6.07, 6.45) is 1.58. The van der Waals surface area contributed by atoms with E-state index in [1.54, 1.807) is 24.4 Å². The number of carbonyl (C=O) groups excluding carboxylic acids is 2. The smallest absolute Gasteiger partial charge is 0.261 e. The van der Waals surface area contributed by atoms with E-state index in [2.05, 4.69) is 15.0 Å². The van der Waals surface area contributed by atoms with E-state index < -0.39 is 0 Å². The SMILES string of the molecule is Cc1cc[nH]c(=O)c1-c1nc2cc3c(cc2[nH]1)C(=O)N(CCN(C)C)C3=O. The van der Waals surface area contributed by atoms with Crippen molar-refractivity contribution in [2.75, 3.05) is 27.2 Å². The van der Waals surface area contributed by atoms with Crippen LogP contribution in [0.4, 0.5) is 0 Å². The summed E-state index contributed by atoms with van der Waals surface area (Å²) < 4.78 is 0. The van der Waals surface area contributed by atoms with Crippen LogP contribution in [-0.2, 0) is 0 Å². The second-order valence-electron chi connectivity index (χ2n) is 6.93. The molecule has 1 aliphatic rings. The maximum atomic E-state index is 12.6. The van der Waals surface area contributed by atoms with E-state index in [-0.39, 0.29) is 17.4 Å². The van der Waals surface area contributed by atoms with Crippen molar-refractivity contribution >= 4 is 22.8 Å². The highest BCUT2D eigenvalue weighted by Gasteiger charge is 2.36. The largest absolute Gasteiger partial charge is 0.338 e. The molecule has 27 heavy (non-hydrogen) atoms. The summed E-state index contributed by atoms with van der Waals surface area (Å²) in [6, 6.07) is 5.05. The minimum absolute atomic E-state index is 0.247. The van der Waals surface area contributed by atoms with Gasteiger partial charge < -0.3 is 14.9 Å². The Bertz CT molecular complexity index is 1090. The fourth-order valence-electron chi connectivity index (χ4n) is 3.29. The summed E-state index contributed by atoms with van der Waals surface area (Å²) in [5.41, 5.74) is 2.85. The number of nitrogens with one attached hydrogen (secondary N) is 2. The lowest BCUT2D eigenvalue weighted by molar-refractivity contribution is 0.0645. The molecule has 3 aromatic rings. The van der Waals surface area contributed by atoms with Gasteiger partial charge in [0.25, 0.3) is 17.4 Å². The highest BCUT2D eigenvalue weighted by Crippen LogP contribution is 2.28. The Kier molecular flexibility index (Phi) is 3.92. The molecule has 1 aliphatic heterocycles. The molecule has 0 aliphatic carbocycles. The Morgan fingerprint density at radius 1 is 1.11 bits per heavy atom. The van der Waals surface area contributed by atoms with Crippen LogP contribution in [0.1, 0.15) is 26.3 Å². The predicted molar refractivity (Wildman–Crippen MR) is 101 cm³/mol. The number of aryl methyl sites for hydroxylation is 1. The van der Waals surface area contributed by atoms with E-state index in [0.29, 0.717) is 46.6 Å². The zero-order chi connectivity index (χ0) is 19.3. The van der Waals surface area contributed by atoms with Crippen LogP contribution in [0.2, 0.25) is 0 Å². The van der Waals surface area contributed by atoms with Gasteiger partial charge in [-0.15, -0.1) is 0 Å². The average molecular weight is 365 g/mol. The molecule has 2 N–H and O–H groups in total.